The minimum atomic E-state index is -0.493. The van der Waals surface area contributed by atoms with E-state index in [-0.39, 0.29) is 19.1 Å². The highest BCUT2D eigenvalue weighted by Gasteiger charge is 2.13. The van der Waals surface area contributed by atoms with Crippen LogP contribution in [0, 0.1) is 0 Å². The monoisotopic (exact) mass is 310 g/mol. The molecule has 0 aliphatic rings. The topological polar surface area (TPSA) is 106 Å². The number of hydrogen-bond donors (Lipinski definition) is 4. The van der Waals surface area contributed by atoms with Crippen LogP contribution in [0.4, 0.5) is 4.79 Å². The van der Waals surface area contributed by atoms with Crippen LogP contribution < -0.4 is 16.4 Å². The molecule has 1 rings (SSSR count). The first kappa shape index (κ1) is 16.8. The van der Waals surface area contributed by atoms with Gasteiger partial charge in [-0.3, -0.25) is 10.3 Å². The summed E-state index contributed by atoms with van der Waals surface area (Å²) in [6.07, 6.45) is 0. The van der Waals surface area contributed by atoms with Crippen LogP contribution in [0.1, 0.15) is 22.8 Å². The molecule has 0 fully saturated rings. The molecule has 0 aliphatic heterocycles. The third kappa shape index (κ3) is 4.99. The van der Waals surface area contributed by atoms with Gasteiger partial charge in [-0.15, -0.1) is 12.6 Å². The van der Waals surface area contributed by atoms with Crippen molar-refractivity contribution in [3.8, 4) is 0 Å². The zero-order chi connectivity index (χ0) is 15.8. The van der Waals surface area contributed by atoms with Gasteiger partial charge in [-0.1, -0.05) is 12.1 Å². The number of hydrogen-bond acceptors (Lipinski definition) is 5. The summed E-state index contributed by atoms with van der Waals surface area (Å²) in [6, 6.07) is 4.57. The Balaban J connectivity index is 2.74. The van der Waals surface area contributed by atoms with E-state index in [0.29, 0.717) is 16.0 Å². The van der Waals surface area contributed by atoms with Crippen LogP contribution in [-0.4, -0.2) is 31.6 Å². The number of urea groups is 1. The average Bonchev–Trinajstić information content (AvgIpc) is 2.46. The Kier molecular flexibility index (Phi) is 6.54. The minimum Gasteiger partial charge on any atom is -0.462 e. The molecular weight excluding hydrogens is 292 g/mol. The number of rotatable bonds is 4. The van der Waals surface area contributed by atoms with Gasteiger partial charge < -0.3 is 15.8 Å². The molecule has 2 amide bonds. The van der Waals surface area contributed by atoms with Crippen molar-refractivity contribution in [3.05, 3.63) is 29.3 Å². The highest BCUT2D eigenvalue weighted by molar-refractivity contribution is 7.80. The van der Waals surface area contributed by atoms with Crippen molar-refractivity contribution < 1.29 is 14.3 Å². The Bertz CT molecular complexity index is 560. The molecule has 0 unspecified atom stereocenters. The summed E-state index contributed by atoms with van der Waals surface area (Å²) in [5, 5.41) is 4.93. The number of carbonyl (C=O) groups is 2. The van der Waals surface area contributed by atoms with E-state index in [9.17, 15) is 9.59 Å². The van der Waals surface area contributed by atoms with Crippen LogP contribution in [0.15, 0.2) is 28.1 Å². The molecule has 0 atom stereocenters. The normalized spacial score (nSPS) is 10.9. The molecule has 0 bridgehead atoms. The van der Waals surface area contributed by atoms with Gasteiger partial charge in [-0.05, 0) is 18.6 Å². The van der Waals surface area contributed by atoms with Gasteiger partial charge in [-0.2, -0.15) is 0 Å². The Morgan fingerprint density at radius 3 is 2.76 bits per heavy atom. The van der Waals surface area contributed by atoms with Crippen LogP contribution in [0.3, 0.4) is 0 Å². The molecule has 4 N–H and O–H groups in total. The molecule has 7 nitrogen and oxygen atoms in total. The number of ether oxygens (including phenoxy) is 1. The van der Waals surface area contributed by atoms with E-state index in [2.05, 4.69) is 28.3 Å². The lowest BCUT2D eigenvalue weighted by Crippen LogP contribution is -2.43. The number of benzene rings is 1. The van der Waals surface area contributed by atoms with Gasteiger partial charge in [0.1, 0.15) is 0 Å². The second kappa shape index (κ2) is 8.15. The molecule has 0 radical (unpaired) electrons. The van der Waals surface area contributed by atoms with Gasteiger partial charge in [-0.25, -0.2) is 9.59 Å². The van der Waals surface area contributed by atoms with Crippen molar-refractivity contribution in [2.45, 2.75) is 18.4 Å². The first-order chi connectivity index (χ1) is 9.99. The molecule has 8 heteroatoms. The molecule has 0 saturated heterocycles. The fraction of sp³-hybridized carbons (Fsp3) is 0.308. The number of nitrogens with two attached hydrogens (primary N) is 1. The lowest BCUT2D eigenvalue weighted by Gasteiger charge is -2.11. The first-order valence-electron chi connectivity index (χ1n) is 6.24. The third-order valence-electron chi connectivity index (χ3n) is 2.54. The molecule has 0 aliphatic carbocycles. The highest BCUT2D eigenvalue weighted by Crippen LogP contribution is 2.20. The van der Waals surface area contributed by atoms with Crippen LogP contribution in [-0.2, 0) is 11.3 Å². The lowest BCUT2D eigenvalue weighted by atomic mass is 10.1. The molecule has 0 saturated carbocycles. The summed E-state index contributed by atoms with van der Waals surface area (Å²) in [6.45, 7) is 2.20. The number of nitrogens with one attached hydrogen (secondary N) is 2. The number of thiol groups is 1. The number of esters is 1. The van der Waals surface area contributed by atoms with Crippen molar-refractivity contribution >= 4 is 30.6 Å². The van der Waals surface area contributed by atoms with Crippen LogP contribution in [0.2, 0.25) is 0 Å². The first-order valence-corrected chi connectivity index (χ1v) is 6.69. The second-order valence-electron chi connectivity index (χ2n) is 3.95. The minimum absolute atomic E-state index is 0.0128. The average molecular weight is 310 g/mol. The van der Waals surface area contributed by atoms with E-state index >= 15 is 0 Å². The molecule has 1 aromatic rings. The molecule has 1 aromatic carbocycles. The fourth-order valence-corrected chi connectivity index (χ4v) is 1.82. The molecular formula is C13H18N4O3S. The number of aliphatic imine (C=N–C) groups is 1. The Hall–Kier alpha value is -2.22. The third-order valence-corrected chi connectivity index (χ3v) is 3.06. The zero-order valence-corrected chi connectivity index (χ0v) is 12.7. The molecule has 0 aromatic heterocycles. The van der Waals surface area contributed by atoms with Gasteiger partial charge in [0.25, 0.3) is 0 Å². The van der Waals surface area contributed by atoms with Gasteiger partial charge in [0.2, 0.25) is 0 Å². The van der Waals surface area contributed by atoms with Crippen LogP contribution >= 0.6 is 12.6 Å². The Morgan fingerprint density at radius 1 is 1.43 bits per heavy atom. The maximum absolute atomic E-state index is 11.7. The van der Waals surface area contributed by atoms with Crippen molar-refractivity contribution in [2.75, 3.05) is 13.7 Å². The molecule has 0 spiro atoms. The Labute approximate surface area is 128 Å². The summed E-state index contributed by atoms with van der Waals surface area (Å²) in [7, 11) is 1.46. The van der Waals surface area contributed by atoms with Gasteiger partial charge in [0.15, 0.2) is 5.96 Å². The number of guanidine groups is 1. The summed E-state index contributed by atoms with van der Waals surface area (Å²) >= 11 is 4.31. The van der Waals surface area contributed by atoms with Crippen molar-refractivity contribution in [3.63, 3.8) is 0 Å². The van der Waals surface area contributed by atoms with E-state index < -0.39 is 12.0 Å². The maximum Gasteiger partial charge on any atom is 0.339 e. The van der Waals surface area contributed by atoms with E-state index in [1.54, 1.807) is 25.1 Å². The summed E-state index contributed by atoms with van der Waals surface area (Å²) in [5.74, 6) is -0.435. The largest absolute Gasteiger partial charge is 0.462 e. The highest BCUT2D eigenvalue weighted by atomic mass is 32.1. The summed E-state index contributed by atoms with van der Waals surface area (Å²) in [4.78, 5) is 27.3. The van der Waals surface area contributed by atoms with Gasteiger partial charge >= 0.3 is 12.0 Å². The van der Waals surface area contributed by atoms with E-state index in [1.807, 2.05) is 0 Å². The lowest BCUT2D eigenvalue weighted by molar-refractivity contribution is 0.0522. The zero-order valence-electron chi connectivity index (χ0n) is 11.8. The van der Waals surface area contributed by atoms with E-state index in [4.69, 9.17) is 10.5 Å². The Morgan fingerprint density at radius 2 is 2.14 bits per heavy atom. The van der Waals surface area contributed by atoms with Crippen LogP contribution in [0.5, 0.6) is 0 Å². The maximum atomic E-state index is 11.7. The predicted octanol–water partition coefficient (Wildman–Crippen LogP) is 0.896. The van der Waals surface area contributed by atoms with Crippen LogP contribution in [0.25, 0.3) is 0 Å². The molecule has 21 heavy (non-hydrogen) atoms. The predicted molar refractivity (Wildman–Crippen MR) is 82.6 cm³/mol. The van der Waals surface area contributed by atoms with E-state index in [1.165, 1.54) is 7.05 Å². The molecule has 0 heterocycles. The second-order valence-corrected chi connectivity index (χ2v) is 4.40. The smallest absolute Gasteiger partial charge is 0.339 e. The summed E-state index contributed by atoms with van der Waals surface area (Å²) < 4.78 is 4.94. The number of carbonyl (C=O) groups excluding carboxylic acids is 2. The standard InChI is InChI=1S/C13H18N4O3S/c1-3-20-11(18)9-6-4-5-8(10(9)21)7-16-13(19)17-12(14)15-2/h4-6,21H,3,7H2,1-2H3,(H4,14,15,16,17,19). The summed E-state index contributed by atoms with van der Waals surface area (Å²) in [5.41, 5.74) is 6.41. The fourth-order valence-electron chi connectivity index (χ4n) is 1.50. The molecule has 114 valence electrons. The van der Waals surface area contributed by atoms with Gasteiger partial charge in [0, 0.05) is 18.5 Å². The number of nitrogens with zero attached hydrogens (tertiary/aromatic N) is 1. The van der Waals surface area contributed by atoms with E-state index in [0.717, 1.165) is 0 Å². The SMILES string of the molecule is CCOC(=O)c1cccc(CNC(=O)NC(N)=NC)c1S. The quantitative estimate of drug-likeness (QED) is 0.287. The van der Waals surface area contributed by atoms with Gasteiger partial charge in [0.05, 0.1) is 12.2 Å². The van der Waals surface area contributed by atoms with Crippen molar-refractivity contribution in [1.82, 2.24) is 10.6 Å². The number of amides is 2. The van der Waals surface area contributed by atoms with Crippen molar-refractivity contribution in [1.29, 1.82) is 0 Å². The van der Waals surface area contributed by atoms with Crippen molar-refractivity contribution in [2.24, 2.45) is 10.7 Å².